The maximum atomic E-state index is 13.2. The molecule has 0 bridgehead atoms. The van der Waals surface area contributed by atoms with Crippen molar-refractivity contribution < 1.29 is 32.2 Å². The third-order valence-corrected chi connectivity index (χ3v) is 6.93. The largest absolute Gasteiger partial charge is 0.494 e. The van der Waals surface area contributed by atoms with E-state index in [9.17, 15) is 18.3 Å². The van der Waals surface area contributed by atoms with Crippen molar-refractivity contribution in [1.29, 1.82) is 0 Å². The minimum absolute atomic E-state index is 0.00341. The van der Waals surface area contributed by atoms with Crippen LogP contribution >= 0.6 is 0 Å². The smallest absolute Gasteiger partial charge is 0.305 e. The number of nitrogens with zero attached hydrogens (tertiary/aromatic N) is 2. The fourth-order valence-corrected chi connectivity index (χ4v) is 4.15. The van der Waals surface area contributed by atoms with Crippen LogP contribution in [0, 0.1) is 13.8 Å². The highest BCUT2D eigenvalue weighted by Gasteiger charge is 2.31. The van der Waals surface area contributed by atoms with E-state index >= 15 is 0 Å². The number of aliphatic hydroxyl groups is 1. The Hall–Kier alpha value is -4.10. The lowest BCUT2D eigenvalue weighted by atomic mass is 10.1. The highest BCUT2D eigenvalue weighted by Crippen LogP contribution is 2.34. The van der Waals surface area contributed by atoms with Crippen LogP contribution in [0.3, 0.4) is 0 Å². The van der Waals surface area contributed by atoms with Crippen LogP contribution in [0.1, 0.15) is 40.6 Å². The molecule has 2 atom stereocenters. The molecule has 0 aliphatic carbocycles. The average molecular weight is 532 g/mol. The number of amides is 1. The van der Waals surface area contributed by atoms with Gasteiger partial charge in [0.1, 0.15) is 34.3 Å². The van der Waals surface area contributed by atoms with Crippen LogP contribution in [0.2, 0.25) is 0 Å². The Balaban J connectivity index is 1.94. The molecule has 0 saturated carbocycles. The van der Waals surface area contributed by atoms with Gasteiger partial charge in [0.05, 0.1) is 19.9 Å². The number of anilines is 1. The summed E-state index contributed by atoms with van der Waals surface area (Å²) in [5.74, 6) is 0.0777. The number of aromatic nitrogens is 1. The number of carbonyl (C=O) groups excluding carboxylic acids is 1. The summed E-state index contributed by atoms with van der Waals surface area (Å²) in [6.45, 7) is 4.80. The molecule has 1 aromatic carbocycles. The quantitative estimate of drug-likeness (QED) is 0.193. The van der Waals surface area contributed by atoms with Gasteiger partial charge in [0.25, 0.3) is 10.0 Å². The summed E-state index contributed by atoms with van der Waals surface area (Å²) in [5, 5.41) is 12.1. The Morgan fingerprint density at radius 3 is 2.27 bits per heavy atom. The number of ether oxygens (including phenoxy) is 2. The molecule has 13 heteroatoms. The highest BCUT2D eigenvalue weighted by molar-refractivity contribution is 7.90. The third kappa shape index (κ3) is 6.77. The average Bonchev–Trinajstić information content (AvgIpc) is 3.32. The number of methoxy groups -OCH3 is 2. The molecule has 0 spiro atoms. The van der Waals surface area contributed by atoms with Gasteiger partial charge < -0.3 is 24.3 Å². The van der Waals surface area contributed by atoms with E-state index in [2.05, 4.69) is 25.6 Å². The van der Waals surface area contributed by atoms with E-state index in [-0.39, 0.29) is 17.1 Å². The predicted molar refractivity (Wildman–Crippen MR) is 137 cm³/mol. The second-order valence-electron chi connectivity index (χ2n) is 8.02. The molecule has 2 heterocycles. The summed E-state index contributed by atoms with van der Waals surface area (Å²) in [7, 11) is -1.52. The van der Waals surface area contributed by atoms with Crippen molar-refractivity contribution >= 4 is 27.6 Å². The molecule has 37 heavy (non-hydrogen) atoms. The molecule has 0 saturated heterocycles. The van der Waals surface area contributed by atoms with Gasteiger partial charge in [-0.3, -0.25) is 20.6 Å². The van der Waals surface area contributed by atoms with Crippen molar-refractivity contribution in [2.45, 2.75) is 32.1 Å². The Bertz CT molecular complexity index is 1350. The second kappa shape index (κ2) is 11.8. The molecule has 3 aromatic rings. The van der Waals surface area contributed by atoms with Gasteiger partial charge in [0, 0.05) is 6.20 Å². The van der Waals surface area contributed by atoms with E-state index < -0.39 is 33.2 Å². The molecular formula is C24H29N5O7S. The van der Waals surface area contributed by atoms with E-state index in [4.69, 9.17) is 13.9 Å². The van der Waals surface area contributed by atoms with E-state index in [1.807, 2.05) is 6.92 Å². The first kappa shape index (κ1) is 27.5. The Labute approximate surface area is 214 Å². The van der Waals surface area contributed by atoms with Crippen molar-refractivity contribution in [3.05, 3.63) is 71.4 Å². The van der Waals surface area contributed by atoms with Crippen molar-refractivity contribution in [2.24, 2.45) is 4.40 Å². The van der Waals surface area contributed by atoms with Crippen molar-refractivity contribution in [3.8, 4) is 11.5 Å². The first-order valence-electron chi connectivity index (χ1n) is 11.1. The van der Waals surface area contributed by atoms with Gasteiger partial charge >= 0.3 is 5.91 Å². The van der Waals surface area contributed by atoms with Gasteiger partial charge in [-0.05, 0) is 56.7 Å². The van der Waals surface area contributed by atoms with Crippen molar-refractivity contribution in [2.75, 3.05) is 19.5 Å². The fourth-order valence-electron chi connectivity index (χ4n) is 3.17. The predicted octanol–water partition coefficient (Wildman–Crippen LogP) is 2.46. The van der Waals surface area contributed by atoms with Gasteiger partial charge in [-0.25, -0.2) is 8.42 Å². The minimum atomic E-state index is -4.37. The maximum absolute atomic E-state index is 13.2. The molecular weight excluding hydrogens is 502 g/mol. The number of guanidine groups is 1. The first-order valence-corrected chi connectivity index (χ1v) is 12.6. The van der Waals surface area contributed by atoms with Gasteiger partial charge in [-0.15, -0.1) is 4.40 Å². The normalized spacial score (nSPS) is 13.4. The van der Waals surface area contributed by atoms with Crippen LogP contribution < -0.4 is 25.6 Å². The number of carbonyl (C=O) groups is 1. The fraction of sp³-hybridized carbons (Fsp3) is 0.292. The first-order chi connectivity index (χ1) is 17.6. The molecule has 0 unspecified atom stereocenters. The van der Waals surface area contributed by atoms with E-state index in [0.29, 0.717) is 17.3 Å². The lowest BCUT2D eigenvalue weighted by molar-refractivity contribution is 0.0914. The number of para-hydroxylation sites is 1. The number of hydrogen-bond donors (Lipinski definition) is 4. The van der Waals surface area contributed by atoms with E-state index in [1.165, 1.54) is 33.4 Å². The van der Waals surface area contributed by atoms with Gasteiger partial charge in [0.2, 0.25) is 5.96 Å². The lowest BCUT2D eigenvalue weighted by Gasteiger charge is -2.20. The monoisotopic (exact) mass is 531 g/mol. The van der Waals surface area contributed by atoms with Crippen LogP contribution in [0.25, 0.3) is 0 Å². The zero-order valence-electron chi connectivity index (χ0n) is 21.0. The minimum Gasteiger partial charge on any atom is -0.494 e. The van der Waals surface area contributed by atoms with Crippen molar-refractivity contribution in [1.82, 2.24) is 15.8 Å². The van der Waals surface area contributed by atoms with Crippen LogP contribution in [0.4, 0.5) is 5.69 Å². The number of sulfonamides is 1. The highest BCUT2D eigenvalue weighted by atomic mass is 32.2. The molecule has 1 amide bonds. The molecule has 3 rings (SSSR count). The number of benzene rings is 1. The number of nitrogens with one attached hydrogen (secondary N) is 3. The summed E-state index contributed by atoms with van der Waals surface area (Å²) >= 11 is 0. The number of furan rings is 1. The number of hydrazine groups is 1. The number of hydrogen-bond acceptors (Lipinski definition) is 8. The summed E-state index contributed by atoms with van der Waals surface area (Å²) in [6.07, 6.45) is 0.0623. The molecule has 2 aromatic heterocycles. The lowest BCUT2D eigenvalue weighted by Crippen LogP contribution is -2.45. The second-order valence-corrected chi connectivity index (χ2v) is 9.97. The van der Waals surface area contributed by atoms with Gasteiger partial charge in [-0.1, -0.05) is 12.1 Å². The summed E-state index contributed by atoms with van der Waals surface area (Å²) in [6, 6.07) is 11.2. The third-order valence-electron chi connectivity index (χ3n) is 5.30. The molecule has 4 N–H and O–H groups in total. The molecule has 0 radical (unpaired) electrons. The molecule has 12 nitrogen and oxygen atoms in total. The summed E-state index contributed by atoms with van der Waals surface area (Å²) in [4.78, 5) is 16.6. The topological polar surface area (TPSA) is 164 Å². The maximum Gasteiger partial charge on any atom is 0.305 e. The summed E-state index contributed by atoms with van der Waals surface area (Å²) < 4.78 is 46.2. The van der Waals surface area contributed by atoms with Crippen LogP contribution in [-0.4, -0.2) is 49.8 Å². The van der Waals surface area contributed by atoms with E-state index in [1.54, 1.807) is 43.3 Å². The molecule has 198 valence electrons. The SMILES string of the molecule is COc1cccc(OC)c1N/C(=N/S(=O)(=O)[C@@H](C)[C@@H](O)c1ccc(C)cn1)NNC(=O)c1ccc(C)o1. The standard InChI is InChI=1S/C24H29N5O7S/c1-14-9-11-17(25-13-14)22(30)16(3)37(32,33)29-24(28-27-23(31)20-12-10-15(2)36-20)26-21-18(34-4)7-6-8-19(21)35-5/h6-13,16,22,30H,1-5H3,(H,27,31)(H2,26,28,29)/t16-,22+/m0/s1. The van der Waals surface area contributed by atoms with Crippen LogP contribution in [0.15, 0.2) is 57.5 Å². The Kier molecular flexibility index (Phi) is 8.73. The van der Waals surface area contributed by atoms with Gasteiger partial charge in [-0.2, -0.15) is 0 Å². The zero-order chi connectivity index (χ0) is 27.2. The zero-order valence-corrected chi connectivity index (χ0v) is 21.8. The molecule has 0 aliphatic heterocycles. The summed E-state index contributed by atoms with van der Waals surface area (Å²) in [5.41, 5.74) is 6.08. The Morgan fingerprint density at radius 2 is 1.73 bits per heavy atom. The Morgan fingerprint density at radius 1 is 1.05 bits per heavy atom. The molecule has 0 fully saturated rings. The van der Waals surface area contributed by atoms with Crippen LogP contribution in [0.5, 0.6) is 11.5 Å². The van der Waals surface area contributed by atoms with Crippen LogP contribution in [-0.2, 0) is 10.0 Å². The van der Waals surface area contributed by atoms with E-state index in [0.717, 1.165) is 5.56 Å². The number of pyridine rings is 1. The van der Waals surface area contributed by atoms with Gasteiger partial charge in [0.15, 0.2) is 5.76 Å². The number of rotatable bonds is 8. The van der Waals surface area contributed by atoms with Crippen molar-refractivity contribution in [3.63, 3.8) is 0 Å². The number of aliphatic hydroxyl groups excluding tert-OH is 1. The number of aryl methyl sites for hydroxylation is 2. The molecule has 0 aliphatic rings.